The van der Waals surface area contributed by atoms with Gasteiger partial charge in [-0.3, -0.25) is 4.79 Å². The van der Waals surface area contributed by atoms with Gasteiger partial charge in [-0.15, -0.1) is 0 Å². The zero-order valence-corrected chi connectivity index (χ0v) is 9.96. The minimum Gasteiger partial charge on any atom is -0.469 e. The molecule has 0 radical (unpaired) electrons. The standard InChI is InChI=1S/C13H17NO3/c1-16-13(15)9-5-6-10-14-17-11-12-7-3-2-4-8-12/h2-4,7-8,10H,5-6,9,11H2,1H3/b14-10+. The van der Waals surface area contributed by atoms with E-state index >= 15 is 0 Å². The van der Waals surface area contributed by atoms with E-state index in [0.29, 0.717) is 19.4 Å². The Hall–Kier alpha value is -1.84. The molecule has 1 rings (SSSR count). The van der Waals surface area contributed by atoms with Crippen LogP contribution < -0.4 is 0 Å². The number of carbonyl (C=O) groups is 1. The van der Waals surface area contributed by atoms with Gasteiger partial charge in [-0.2, -0.15) is 0 Å². The van der Waals surface area contributed by atoms with Gasteiger partial charge in [-0.1, -0.05) is 35.5 Å². The molecule has 4 heteroatoms. The van der Waals surface area contributed by atoms with Crippen molar-refractivity contribution in [2.75, 3.05) is 7.11 Å². The molecule has 0 spiro atoms. The van der Waals surface area contributed by atoms with Gasteiger partial charge < -0.3 is 9.57 Å². The average molecular weight is 235 g/mol. The molecule has 0 atom stereocenters. The Morgan fingerprint density at radius 2 is 2.12 bits per heavy atom. The van der Waals surface area contributed by atoms with Crippen LogP contribution in [0.15, 0.2) is 35.5 Å². The molecule has 0 heterocycles. The SMILES string of the molecule is COC(=O)CCC/C=N/OCc1ccccc1. The number of nitrogens with zero attached hydrogens (tertiary/aromatic N) is 1. The molecule has 0 saturated heterocycles. The van der Waals surface area contributed by atoms with E-state index in [4.69, 9.17) is 4.84 Å². The number of unbranched alkanes of at least 4 members (excludes halogenated alkanes) is 1. The first kappa shape index (κ1) is 13.2. The quantitative estimate of drug-likeness (QED) is 0.316. The highest BCUT2D eigenvalue weighted by molar-refractivity contribution is 5.69. The highest BCUT2D eigenvalue weighted by Crippen LogP contribution is 2.00. The van der Waals surface area contributed by atoms with Gasteiger partial charge in [-0.25, -0.2) is 0 Å². The maximum Gasteiger partial charge on any atom is 0.305 e. The van der Waals surface area contributed by atoms with Crippen LogP contribution in [0.4, 0.5) is 0 Å². The van der Waals surface area contributed by atoms with Crippen LogP contribution in [0.5, 0.6) is 0 Å². The Morgan fingerprint density at radius 3 is 2.82 bits per heavy atom. The Morgan fingerprint density at radius 1 is 1.35 bits per heavy atom. The zero-order chi connectivity index (χ0) is 12.3. The van der Waals surface area contributed by atoms with Crippen LogP contribution in [-0.2, 0) is 21.0 Å². The van der Waals surface area contributed by atoms with Crippen molar-refractivity contribution in [2.45, 2.75) is 25.9 Å². The molecule has 0 amide bonds. The summed E-state index contributed by atoms with van der Waals surface area (Å²) in [7, 11) is 1.39. The van der Waals surface area contributed by atoms with Crippen LogP contribution in [0.25, 0.3) is 0 Å². The van der Waals surface area contributed by atoms with Gasteiger partial charge in [-0.05, 0) is 18.4 Å². The van der Waals surface area contributed by atoms with Crippen LogP contribution in [-0.4, -0.2) is 19.3 Å². The van der Waals surface area contributed by atoms with Crippen LogP contribution in [0, 0.1) is 0 Å². The number of esters is 1. The fourth-order valence-electron chi connectivity index (χ4n) is 1.23. The molecule has 17 heavy (non-hydrogen) atoms. The maximum absolute atomic E-state index is 10.8. The largest absolute Gasteiger partial charge is 0.469 e. The van der Waals surface area contributed by atoms with Crippen molar-refractivity contribution in [1.82, 2.24) is 0 Å². The second-order valence-electron chi connectivity index (χ2n) is 3.52. The number of rotatable bonds is 7. The fraction of sp³-hybridized carbons (Fsp3) is 0.385. The Labute approximate surface area is 101 Å². The van der Waals surface area contributed by atoms with E-state index in [1.807, 2.05) is 30.3 Å². The second-order valence-corrected chi connectivity index (χ2v) is 3.52. The highest BCUT2D eigenvalue weighted by Gasteiger charge is 1.97. The molecule has 0 bridgehead atoms. The summed E-state index contributed by atoms with van der Waals surface area (Å²) in [5.74, 6) is -0.191. The van der Waals surface area contributed by atoms with E-state index in [1.54, 1.807) is 6.21 Å². The third kappa shape index (κ3) is 6.35. The first-order chi connectivity index (χ1) is 8.33. The lowest BCUT2D eigenvalue weighted by atomic mass is 10.2. The third-order valence-electron chi connectivity index (χ3n) is 2.16. The predicted molar refractivity (Wildman–Crippen MR) is 65.6 cm³/mol. The first-order valence-electron chi connectivity index (χ1n) is 5.57. The molecule has 1 aromatic rings. The Balaban J connectivity index is 2.05. The van der Waals surface area contributed by atoms with Crippen LogP contribution in [0.2, 0.25) is 0 Å². The van der Waals surface area contributed by atoms with E-state index in [2.05, 4.69) is 9.89 Å². The Kier molecular flexibility index (Phi) is 6.48. The van der Waals surface area contributed by atoms with E-state index in [0.717, 1.165) is 12.0 Å². The smallest absolute Gasteiger partial charge is 0.305 e. The summed E-state index contributed by atoms with van der Waals surface area (Å²) in [5, 5.41) is 3.81. The summed E-state index contributed by atoms with van der Waals surface area (Å²) in [6.45, 7) is 0.467. The van der Waals surface area contributed by atoms with E-state index in [9.17, 15) is 4.79 Å². The van der Waals surface area contributed by atoms with Crippen LogP contribution in [0.3, 0.4) is 0 Å². The lowest BCUT2D eigenvalue weighted by molar-refractivity contribution is -0.140. The minimum absolute atomic E-state index is 0.191. The third-order valence-corrected chi connectivity index (χ3v) is 2.16. The fourth-order valence-corrected chi connectivity index (χ4v) is 1.23. The molecule has 92 valence electrons. The van der Waals surface area contributed by atoms with Gasteiger partial charge in [0.25, 0.3) is 0 Å². The Bertz CT molecular complexity index is 349. The molecule has 0 aliphatic heterocycles. The molecule has 4 nitrogen and oxygen atoms in total. The van der Waals surface area contributed by atoms with Crippen molar-refractivity contribution < 1.29 is 14.4 Å². The summed E-state index contributed by atoms with van der Waals surface area (Å²) < 4.78 is 4.52. The van der Waals surface area contributed by atoms with E-state index in [-0.39, 0.29) is 5.97 Å². The molecule has 0 aliphatic rings. The second kappa shape index (κ2) is 8.33. The van der Waals surface area contributed by atoms with E-state index < -0.39 is 0 Å². The van der Waals surface area contributed by atoms with Crippen molar-refractivity contribution in [1.29, 1.82) is 0 Å². The molecule has 0 N–H and O–H groups in total. The molecule has 0 saturated carbocycles. The predicted octanol–water partition coefficient (Wildman–Crippen LogP) is 2.53. The number of hydrogen-bond acceptors (Lipinski definition) is 4. The summed E-state index contributed by atoms with van der Waals surface area (Å²) in [5.41, 5.74) is 1.08. The minimum atomic E-state index is -0.191. The van der Waals surface area contributed by atoms with Crippen molar-refractivity contribution in [3.05, 3.63) is 35.9 Å². The summed E-state index contributed by atoms with van der Waals surface area (Å²) >= 11 is 0. The van der Waals surface area contributed by atoms with E-state index in [1.165, 1.54) is 7.11 Å². The van der Waals surface area contributed by atoms with Crippen molar-refractivity contribution in [2.24, 2.45) is 5.16 Å². The lowest BCUT2D eigenvalue weighted by Crippen LogP contribution is -1.99. The van der Waals surface area contributed by atoms with Crippen LogP contribution >= 0.6 is 0 Å². The number of ether oxygens (including phenoxy) is 1. The monoisotopic (exact) mass is 235 g/mol. The van der Waals surface area contributed by atoms with Crippen molar-refractivity contribution in [3.8, 4) is 0 Å². The van der Waals surface area contributed by atoms with Gasteiger partial charge in [0.1, 0.15) is 6.61 Å². The molecule has 0 fully saturated rings. The number of hydrogen-bond donors (Lipinski definition) is 0. The van der Waals surface area contributed by atoms with Gasteiger partial charge in [0.05, 0.1) is 7.11 Å². The molecule has 0 aromatic heterocycles. The van der Waals surface area contributed by atoms with Crippen LogP contribution in [0.1, 0.15) is 24.8 Å². The number of methoxy groups -OCH3 is 1. The summed E-state index contributed by atoms with van der Waals surface area (Å²) in [6.07, 6.45) is 3.53. The van der Waals surface area contributed by atoms with Gasteiger partial charge in [0.2, 0.25) is 0 Å². The molecule has 0 unspecified atom stereocenters. The van der Waals surface area contributed by atoms with Gasteiger partial charge >= 0.3 is 5.97 Å². The number of benzene rings is 1. The maximum atomic E-state index is 10.8. The average Bonchev–Trinajstić information content (AvgIpc) is 2.38. The zero-order valence-electron chi connectivity index (χ0n) is 9.96. The highest BCUT2D eigenvalue weighted by atomic mass is 16.6. The van der Waals surface area contributed by atoms with Gasteiger partial charge in [0.15, 0.2) is 0 Å². The van der Waals surface area contributed by atoms with Crippen molar-refractivity contribution in [3.63, 3.8) is 0 Å². The molecule has 1 aromatic carbocycles. The summed E-state index contributed by atoms with van der Waals surface area (Å²) in [6, 6.07) is 9.83. The number of oxime groups is 1. The molecular weight excluding hydrogens is 218 g/mol. The van der Waals surface area contributed by atoms with Crippen molar-refractivity contribution >= 4 is 12.2 Å². The topological polar surface area (TPSA) is 47.9 Å². The normalized spacial score (nSPS) is 10.4. The first-order valence-corrected chi connectivity index (χ1v) is 5.57. The lowest BCUT2D eigenvalue weighted by Gasteiger charge is -1.98. The molecule has 0 aliphatic carbocycles. The van der Waals surface area contributed by atoms with Gasteiger partial charge in [0, 0.05) is 12.6 Å². The number of carbonyl (C=O) groups excluding carboxylic acids is 1. The summed E-state index contributed by atoms with van der Waals surface area (Å²) in [4.78, 5) is 15.9. The molecular formula is C13H17NO3.